The summed E-state index contributed by atoms with van der Waals surface area (Å²) in [6.07, 6.45) is 0. The van der Waals surface area contributed by atoms with Gasteiger partial charge in [-0.3, -0.25) is 4.79 Å². The maximum absolute atomic E-state index is 9.75. The first kappa shape index (κ1) is 10.3. The molecule has 1 radical (unpaired) electrons. The predicted octanol–water partition coefficient (Wildman–Crippen LogP) is -0.0873. The second kappa shape index (κ2) is 4.46. The molecule has 0 aromatic carbocycles. The zero-order valence-corrected chi connectivity index (χ0v) is 5.82. The van der Waals surface area contributed by atoms with Crippen molar-refractivity contribution in [1.82, 2.24) is 0 Å². The molecule has 0 aromatic rings. The van der Waals surface area contributed by atoms with E-state index < -0.39 is 5.91 Å². The third kappa shape index (κ3) is 6.30. The molecule has 0 spiro atoms. The zero-order valence-electron chi connectivity index (χ0n) is 3.44. The van der Waals surface area contributed by atoms with Gasteiger partial charge in [-0.15, -0.1) is 12.6 Å². The van der Waals surface area contributed by atoms with E-state index in [2.05, 4.69) is 24.9 Å². The minimum atomic E-state index is -0.571. The molecule has 0 aromatic heterocycles. The quantitative estimate of drug-likeness (QED) is 0.355. The summed E-state index contributed by atoms with van der Waals surface area (Å²) in [6, 6.07) is 0. The number of nitrogens with two attached hydrogens (primary N) is 1. The summed E-state index contributed by atoms with van der Waals surface area (Å²) in [5.41, 5.74) is 4.62. The summed E-state index contributed by atoms with van der Waals surface area (Å²) in [5, 5.41) is 0. The normalized spacial score (nSPS) is 6.43. The van der Waals surface area contributed by atoms with Crippen LogP contribution in [-0.4, -0.2) is 5.91 Å². The molecule has 0 aliphatic carbocycles. The van der Waals surface area contributed by atoms with Crippen molar-refractivity contribution in [2.75, 3.05) is 0 Å². The molecule has 2 N–H and O–H groups in total. The number of thiol groups is 1. The molecule has 0 bridgehead atoms. The Morgan fingerprint density at radius 2 is 1.86 bits per heavy atom. The van der Waals surface area contributed by atoms with Gasteiger partial charge in [0.25, 0.3) is 5.91 Å². The Morgan fingerprint density at radius 1 is 1.71 bits per heavy atom. The summed E-state index contributed by atoms with van der Waals surface area (Å²) in [7, 11) is 0. The molecule has 0 aliphatic rings. The Labute approximate surface area is 63.1 Å². The SMILES string of the molecule is C=C(S)C(N)=O.[Ag]. The van der Waals surface area contributed by atoms with Crippen LogP contribution in [0.25, 0.3) is 0 Å². The molecule has 4 heteroatoms. The fourth-order valence-corrected chi connectivity index (χ4v) is 0. The van der Waals surface area contributed by atoms with Crippen LogP contribution in [0.5, 0.6) is 0 Å². The molecule has 0 fully saturated rings. The maximum atomic E-state index is 9.75. The van der Waals surface area contributed by atoms with Crippen molar-refractivity contribution in [1.29, 1.82) is 0 Å². The van der Waals surface area contributed by atoms with Gasteiger partial charge in [-0.25, -0.2) is 0 Å². The fourth-order valence-electron chi connectivity index (χ4n) is 0. The Kier molecular flexibility index (Phi) is 6.57. The van der Waals surface area contributed by atoms with E-state index in [4.69, 9.17) is 0 Å². The van der Waals surface area contributed by atoms with Crippen LogP contribution in [0.15, 0.2) is 11.5 Å². The first-order valence-corrected chi connectivity index (χ1v) is 1.77. The van der Waals surface area contributed by atoms with Crippen molar-refractivity contribution in [2.45, 2.75) is 0 Å². The first-order chi connectivity index (χ1) is 2.64. The topological polar surface area (TPSA) is 43.1 Å². The van der Waals surface area contributed by atoms with Crippen molar-refractivity contribution in [3.8, 4) is 0 Å². The summed E-state index contributed by atoms with van der Waals surface area (Å²) >= 11 is 3.52. The number of rotatable bonds is 1. The van der Waals surface area contributed by atoms with Gasteiger partial charge in [-0.05, 0) is 0 Å². The third-order valence-corrected chi connectivity index (χ3v) is 0.505. The van der Waals surface area contributed by atoms with E-state index in [1.54, 1.807) is 0 Å². The Morgan fingerprint density at radius 3 is 1.86 bits per heavy atom. The van der Waals surface area contributed by atoms with Crippen molar-refractivity contribution in [3.05, 3.63) is 11.5 Å². The monoisotopic (exact) mass is 210 g/mol. The number of primary amides is 1. The molecule has 0 rings (SSSR count). The first-order valence-electron chi connectivity index (χ1n) is 1.32. The number of amides is 1. The van der Waals surface area contributed by atoms with Gasteiger partial charge in [0.05, 0.1) is 4.91 Å². The number of carbonyl (C=O) groups excluding carboxylic acids is 1. The fraction of sp³-hybridized carbons (Fsp3) is 0. The van der Waals surface area contributed by atoms with Crippen LogP contribution in [0.2, 0.25) is 0 Å². The van der Waals surface area contributed by atoms with Crippen LogP contribution in [0.3, 0.4) is 0 Å². The minimum Gasteiger partial charge on any atom is -0.365 e. The standard InChI is InChI=1S/C3H5NOS.Ag/c1-2(6)3(4)5;/h6H,1H2,(H2,4,5);. The van der Waals surface area contributed by atoms with Gasteiger partial charge in [-0.1, -0.05) is 6.58 Å². The van der Waals surface area contributed by atoms with Gasteiger partial charge in [0.2, 0.25) is 0 Å². The van der Waals surface area contributed by atoms with E-state index in [0.717, 1.165) is 0 Å². The average Bonchev–Trinajstić information content (AvgIpc) is 1.36. The molecule has 0 saturated heterocycles. The third-order valence-electron chi connectivity index (χ3n) is 0.284. The second-order valence-corrected chi connectivity index (χ2v) is 1.35. The molecular weight excluding hydrogens is 206 g/mol. The van der Waals surface area contributed by atoms with Crippen molar-refractivity contribution < 1.29 is 27.2 Å². The summed E-state index contributed by atoms with van der Waals surface area (Å²) < 4.78 is 0. The summed E-state index contributed by atoms with van der Waals surface area (Å²) in [6.45, 7) is 3.14. The van der Waals surface area contributed by atoms with E-state index >= 15 is 0 Å². The molecular formula is C3H5AgNOS. The molecule has 0 saturated carbocycles. The van der Waals surface area contributed by atoms with Crippen molar-refractivity contribution >= 4 is 18.5 Å². The van der Waals surface area contributed by atoms with Crippen LogP contribution in [0.1, 0.15) is 0 Å². The van der Waals surface area contributed by atoms with E-state index in [9.17, 15) is 4.79 Å². The average molecular weight is 211 g/mol. The largest absolute Gasteiger partial charge is 0.365 e. The van der Waals surface area contributed by atoms with Crippen LogP contribution in [0.4, 0.5) is 0 Å². The zero-order chi connectivity index (χ0) is 5.15. The van der Waals surface area contributed by atoms with E-state index in [1.165, 1.54) is 0 Å². The molecule has 0 heterocycles. The Bertz CT molecular complexity index is 80.9. The molecule has 7 heavy (non-hydrogen) atoms. The van der Waals surface area contributed by atoms with Gasteiger partial charge in [0.15, 0.2) is 0 Å². The maximum Gasteiger partial charge on any atom is 0.254 e. The van der Waals surface area contributed by atoms with Crippen LogP contribution >= 0.6 is 12.6 Å². The van der Waals surface area contributed by atoms with Gasteiger partial charge < -0.3 is 5.73 Å². The Balaban J connectivity index is 0. The van der Waals surface area contributed by atoms with Crippen LogP contribution < -0.4 is 5.73 Å². The van der Waals surface area contributed by atoms with Gasteiger partial charge >= 0.3 is 0 Å². The number of hydrogen-bond acceptors (Lipinski definition) is 2. The molecule has 2 nitrogen and oxygen atoms in total. The van der Waals surface area contributed by atoms with E-state index in [0.29, 0.717) is 0 Å². The van der Waals surface area contributed by atoms with Gasteiger partial charge in [-0.2, -0.15) is 0 Å². The second-order valence-electron chi connectivity index (χ2n) is 0.811. The molecule has 0 atom stereocenters. The predicted molar refractivity (Wildman–Crippen MR) is 27.3 cm³/mol. The Hall–Kier alpha value is 0.300. The molecule has 0 aliphatic heterocycles. The van der Waals surface area contributed by atoms with E-state index in [1.807, 2.05) is 0 Å². The summed E-state index contributed by atoms with van der Waals surface area (Å²) in [4.78, 5) is 9.84. The van der Waals surface area contributed by atoms with Crippen molar-refractivity contribution in [3.63, 3.8) is 0 Å². The molecule has 45 valence electrons. The number of hydrogen-bond donors (Lipinski definition) is 2. The smallest absolute Gasteiger partial charge is 0.254 e. The molecule has 0 unspecified atom stereocenters. The van der Waals surface area contributed by atoms with Gasteiger partial charge in [0.1, 0.15) is 0 Å². The number of carbonyl (C=O) groups is 1. The van der Waals surface area contributed by atoms with Crippen LogP contribution in [-0.2, 0) is 27.2 Å². The van der Waals surface area contributed by atoms with E-state index in [-0.39, 0.29) is 27.3 Å². The minimum absolute atomic E-state index is 0. The van der Waals surface area contributed by atoms with Crippen molar-refractivity contribution in [2.24, 2.45) is 5.73 Å². The van der Waals surface area contributed by atoms with Gasteiger partial charge in [0, 0.05) is 22.4 Å². The molecule has 1 amide bonds. The van der Waals surface area contributed by atoms with Crippen LogP contribution in [0, 0.1) is 0 Å². The summed E-state index contributed by atoms with van der Waals surface area (Å²) in [5.74, 6) is -0.571.